The minimum Gasteiger partial charge on any atom is -0.492 e. The zero-order valence-corrected chi connectivity index (χ0v) is 19.8. The van der Waals surface area contributed by atoms with Gasteiger partial charge in [0.05, 0.1) is 11.1 Å². The number of nitrogens with zero attached hydrogens (tertiary/aromatic N) is 2. The minimum absolute atomic E-state index is 0.206. The van der Waals surface area contributed by atoms with E-state index in [1.807, 2.05) is 12.1 Å². The third-order valence-electron chi connectivity index (χ3n) is 4.90. The first-order valence-corrected chi connectivity index (χ1v) is 11.4. The van der Waals surface area contributed by atoms with Crippen LogP contribution in [-0.4, -0.2) is 53.6 Å². The second-order valence-corrected chi connectivity index (χ2v) is 9.10. The van der Waals surface area contributed by atoms with E-state index in [9.17, 15) is 4.79 Å². The highest BCUT2D eigenvalue weighted by atomic mass is 79.9. The maximum absolute atomic E-state index is 12.6. The Hall–Kier alpha value is -1.96. The second kappa shape index (κ2) is 10.9. The Morgan fingerprint density at radius 1 is 1.13 bits per heavy atom. The summed E-state index contributed by atoms with van der Waals surface area (Å²) in [7, 11) is 0. The van der Waals surface area contributed by atoms with Crippen LogP contribution in [0.4, 0.5) is 0 Å². The standard InChI is InChI=1S/C23H28BrN3O2S/c1-17(2)16-29-21-9-8-19(14-20(21)24)22(28)25-23(30)27-12-10-26(11-13-27)15-18-6-4-3-5-7-18/h3-9,14,17H,10-13,15-16H2,1-2H3,(H,25,28,30). The van der Waals surface area contributed by atoms with E-state index in [4.69, 9.17) is 17.0 Å². The molecular formula is C23H28BrN3O2S. The smallest absolute Gasteiger partial charge is 0.257 e. The Kier molecular flexibility index (Phi) is 8.24. The van der Waals surface area contributed by atoms with Gasteiger partial charge in [0.25, 0.3) is 5.91 Å². The molecule has 30 heavy (non-hydrogen) atoms. The lowest BCUT2D eigenvalue weighted by Gasteiger charge is -2.36. The molecule has 0 radical (unpaired) electrons. The van der Waals surface area contributed by atoms with E-state index < -0.39 is 0 Å². The molecule has 2 aromatic carbocycles. The first-order chi connectivity index (χ1) is 14.4. The summed E-state index contributed by atoms with van der Waals surface area (Å²) in [5, 5.41) is 3.35. The molecule has 5 nitrogen and oxygen atoms in total. The summed E-state index contributed by atoms with van der Waals surface area (Å²) in [6, 6.07) is 15.8. The van der Waals surface area contributed by atoms with Crippen molar-refractivity contribution in [2.24, 2.45) is 5.92 Å². The van der Waals surface area contributed by atoms with Crippen molar-refractivity contribution in [2.45, 2.75) is 20.4 Å². The third-order valence-corrected chi connectivity index (χ3v) is 5.88. The fraction of sp³-hybridized carbons (Fsp3) is 0.391. The largest absolute Gasteiger partial charge is 0.492 e. The van der Waals surface area contributed by atoms with Gasteiger partial charge in [-0.3, -0.25) is 15.0 Å². The van der Waals surface area contributed by atoms with E-state index >= 15 is 0 Å². The summed E-state index contributed by atoms with van der Waals surface area (Å²) < 4.78 is 6.50. The number of halogens is 1. The van der Waals surface area contributed by atoms with Crippen LogP contribution >= 0.6 is 28.1 Å². The van der Waals surface area contributed by atoms with Crippen LogP contribution in [0.5, 0.6) is 5.75 Å². The van der Waals surface area contributed by atoms with Gasteiger partial charge in [0.1, 0.15) is 5.75 Å². The van der Waals surface area contributed by atoms with E-state index in [0.29, 0.717) is 23.2 Å². The molecule has 1 amide bonds. The SMILES string of the molecule is CC(C)COc1ccc(C(=O)NC(=S)N2CCN(Cc3ccccc3)CC2)cc1Br. The number of carbonyl (C=O) groups is 1. The van der Waals surface area contributed by atoms with E-state index in [0.717, 1.165) is 42.9 Å². The molecule has 0 aliphatic carbocycles. The van der Waals surface area contributed by atoms with Crippen LogP contribution in [0.25, 0.3) is 0 Å². The summed E-state index contributed by atoms with van der Waals surface area (Å²) in [4.78, 5) is 17.1. The van der Waals surface area contributed by atoms with Gasteiger partial charge < -0.3 is 9.64 Å². The number of ether oxygens (including phenoxy) is 1. The molecule has 0 atom stereocenters. The van der Waals surface area contributed by atoms with Crippen LogP contribution in [0.2, 0.25) is 0 Å². The van der Waals surface area contributed by atoms with E-state index in [-0.39, 0.29) is 5.91 Å². The number of hydrogen-bond donors (Lipinski definition) is 1. The Morgan fingerprint density at radius 3 is 2.47 bits per heavy atom. The quantitative estimate of drug-likeness (QED) is 0.612. The van der Waals surface area contributed by atoms with Crippen molar-refractivity contribution < 1.29 is 9.53 Å². The molecular weight excluding hydrogens is 462 g/mol. The average molecular weight is 490 g/mol. The lowest BCUT2D eigenvalue weighted by molar-refractivity contribution is 0.0969. The number of benzene rings is 2. The van der Waals surface area contributed by atoms with Gasteiger partial charge in [-0.15, -0.1) is 0 Å². The molecule has 160 valence electrons. The van der Waals surface area contributed by atoms with Crippen molar-refractivity contribution in [2.75, 3.05) is 32.8 Å². The molecule has 0 saturated carbocycles. The lowest BCUT2D eigenvalue weighted by atomic mass is 10.2. The number of amides is 1. The molecule has 7 heteroatoms. The zero-order valence-electron chi connectivity index (χ0n) is 17.4. The van der Waals surface area contributed by atoms with Crippen LogP contribution in [0.1, 0.15) is 29.8 Å². The van der Waals surface area contributed by atoms with Gasteiger partial charge in [-0.25, -0.2) is 0 Å². The number of thiocarbonyl (C=S) groups is 1. The maximum atomic E-state index is 12.6. The molecule has 2 aromatic rings. The molecule has 3 rings (SSSR count). The van der Waals surface area contributed by atoms with Crippen molar-refractivity contribution in [1.29, 1.82) is 0 Å². The molecule has 0 unspecified atom stereocenters. The number of rotatable bonds is 6. The van der Waals surface area contributed by atoms with E-state index in [1.54, 1.807) is 12.1 Å². The molecule has 1 fully saturated rings. The minimum atomic E-state index is -0.206. The normalized spacial score (nSPS) is 14.6. The fourth-order valence-electron chi connectivity index (χ4n) is 3.21. The van der Waals surface area contributed by atoms with Gasteiger partial charge in [0.2, 0.25) is 0 Å². The monoisotopic (exact) mass is 489 g/mol. The summed E-state index contributed by atoms with van der Waals surface area (Å²) in [6.45, 7) is 9.19. The Morgan fingerprint density at radius 2 is 1.83 bits per heavy atom. The van der Waals surface area contributed by atoms with E-state index in [2.05, 4.69) is 69.2 Å². The predicted octanol–water partition coefficient (Wildman–Crippen LogP) is 4.32. The molecule has 1 heterocycles. The van der Waals surface area contributed by atoms with Crippen molar-refractivity contribution in [3.8, 4) is 5.75 Å². The Labute approximate surface area is 192 Å². The van der Waals surface area contributed by atoms with Crippen molar-refractivity contribution in [1.82, 2.24) is 15.1 Å². The van der Waals surface area contributed by atoms with Gasteiger partial charge in [0, 0.05) is 38.3 Å². The van der Waals surface area contributed by atoms with Gasteiger partial charge >= 0.3 is 0 Å². The van der Waals surface area contributed by atoms with Gasteiger partial charge in [-0.2, -0.15) is 0 Å². The highest BCUT2D eigenvalue weighted by Gasteiger charge is 2.21. The highest BCUT2D eigenvalue weighted by molar-refractivity contribution is 9.10. The molecule has 0 aromatic heterocycles. The molecule has 0 spiro atoms. The first kappa shape index (κ1) is 22.7. The third kappa shape index (κ3) is 6.52. The Bertz CT molecular complexity index is 868. The van der Waals surface area contributed by atoms with Crippen LogP contribution in [-0.2, 0) is 6.54 Å². The average Bonchev–Trinajstić information content (AvgIpc) is 2.74. The molecule has 1 aliphatic rings. The summed E-state index contributed by atoms with van der Waals surface area (Å²) in [6.07, 6.45) is 0. The van der Waals surface area contributed by atoms with Crippen LogP contribution in [0, 0.1) is 5.92 Å². The molecule has 0 bridgehead atoms. The van der Waals surface area contributed by atoms with Gasteiger partial charge in [-0.05, 0) is 57.8 Å². The fourth-order valence-corrected chi connectivity index (χ4v) is 3.98. The van der Waals surface area contributed by atoms with Crippen LogP contribution in [0.15, 0.2) is 53.0 Å². The molecule has 1 saturated heterocycles. The summed E-state index contributed by atoms with van der Waals surface area (Å²) in [5.74, 6) is 0.964. The number of carbonyl (C=O) groups excluding carboxylic acids is 1. The van der Waals surface area contributed by atoms with Gasteiger partial charge in [0.15, 0.2) is 5.11 Å². The highest BCUT2D eigenvalue weighted by Crippen LogP contribution is 2.26. The predicted molar refractivity (Wildman–Crippen MR) is 128 cm³/mol. The van der Waals surface area contributed by atoms with Crippen molar-refractivity contribution in [3.05, 3.63) is 64.1 Å². The first-order valence-electron chi connectivity index (χ1n) is 10.2. The van der Waals surface area contributed by atoms with Crippen molar-refractivity contribution >= 4 is 39.2 Å². The second-order valence-electron chi connectivity index (χ2n) is 7.86. The van der Waals surface area contributed by atoms with E-state index in [1.165, 1.54) is 5.56 Å². The van der Waals surface area contributed by atoms with Gasteiger partial charge in [-0.1, -0.05) is 44.2 Å². The van der Waals surface area contributed by atoms with Crippen LogP contribution in [0.3, 0.4) is 0 Å². The zero-order chi connectivity index (χ0) is 21.5. The summed E-state index contributed by atoms with van der Waals surface area (Å²) >= 11 is 8.97. The van der Waals surface area contributed by atoms with Crippen molar-refractivity contribution in [3.63, 3.8) is 0 Å². The van der Waals surface area contributed by atoms with Crippen LogP contribution < -0.4 is 10.1 Å². The lowest BCUT2D eigenvalue weighted by Crippen LogP contribution is -2.52. The molecule has 1 N–H and O–H groups in total. The Balaban J connectivity index is 1.49. The number of piperazine rings is 1. The number of hydrogen-bond acceptors (Lipinski definition) is 4. The maximum Gasteiger partial charge on any atom is 0.257 e. The summed E-state index contributed by atoms with van der Waals surface area (Å²) in [5.41, 5.74) is 1.86. The topological polar surface area (TPSA) is 44.8 Å². The molecule has 1 aliphatic heterocycles. The number of nitrogens with one attached hydrogen (secondary N) is 1.